The Kier molecular flexibility index (Phi) is 5.23. The van der Waals surface area contributed by atoms with Gasteiger partial charge in [0, 0.05) is 17.6 Å². The molecule has 0 saturated carbocycles. The molecule has 7 heteroatoms. The molecule has 0 aliphatic carbocycles. The van der Waals surface area contributed by atoms with Crippen molar-refractivity contribution < 1.29 is 4.79 Å². The highest BCUT2D eigenvalue weighted by atomic mass is 35.5. The quantitative estimate of drug-likeness (QED) is 0.793. The van der Waals surface area contributed by atoms with E-state index in [1.807, 2.05) is 33.7 Å². The number of carbonyl (C=O) groups is 1. The normalized spacial score (nSPS) is 18.2. The Labute approximate surface area is 145 Å². The molecule has 1 aliphatic rings. The van der Waals surface area contributed by atoms with E-state index in [4.69, 9.17) is 11.6 Å². The zero-order chi connectivity index (χ0) is 16.2. The van der Waals surface area contributed by atoms with Gasteiger partial charge in [-0.3, -0.25) is 9.36 Å². The standard InChI is InChI=1S/C16H19ClN4OS/c1-12-5-2-3-8-20(12)15(22)10-23-16-19-18-11-21(16)14-7-4-6-13(17)9-14/h4,6-7,9,11-12H,2-3,5,8,10H2,1H3. The minimum atomic E-state index is 0.169. The first-order valence-corrected chi connectivity index (χ1v) is 9.10. The van der Waals surface area contributed by atoms with Crippen LogP contribution in [0.5, 0.6) is 0 Å². The first-order valence-electron chi connectivity index (χ1n) is 7.73. The molecule has 1 amide bonds. The van der Waals surface area contributed by atoms with Crippen molar-refractivity contribution in [3.05, 3.63) is 35.6 Å². The Morgan fingerprint density at radius 1 is 1.43 bits per heavy atom. The van der Waals surface area contributed by atoms with E-state index in [9.17, 15) is 4.79 Å². The van der Waals surface area contributed by atoms with E-state index in [2.05, 4.69) is 17.1 Å². The molecular weight excluding hydrogens is 332 g/mol. The molecule has 0 radical (unpaired) electrons. The predicted octanol–water partition coefficient (Wildman–Crippen LogP) is 3.41. The van der Waals surface area contributed by atoms with Crippen LogP contribution in [0, 0.1) is 0 Å². The molecule has 1 saturated heterocycles. The van der Waals surface area contributed by atoms with Gasteiger partial charge in [0.15, 0.2) is 5.16 Å². The van der Waals surface area contributed by atoms with Gasteiger partial charge in [0.25, 0.3) is 0 Å². The Balaban J connectivity index is 1.67. The zero-order valence-electron chi connectivity index (χ0n) is 13.0. The second-order valence-electron chi connectivity index (χ2n) is 5.68. The number of rotatable bonds is 4. The van der Waals surface area contributed by atoms with E-state index in [-0.39, 0.29) is 5.91 Å². The van der Waals surface area contributed by atoms with Crippen molar-refractivity contribution in [3.8, 4) is 5.69 Å². The van der Waals surface area contributed by atoms with Crippen LogP contribution in [0.2, 0.25) is 5.02 Å². The summed E-state index contributed by atoms with van der Waals surface area (Å²) in [6.45, 7) is 2.98. The number of aromatic nitrogens is 3. The fourth-order valence-electron chi connectivity index (χ4n) is 2.80. The zero-order valence-corrected chi connectivity index (χ0v) is 14.6. The number of hydrogen-bond acceptors (Lipinski definition) is 4. The van der Waals surface area contributed by atoms with Crippen molar-refractivity contribution in [1.29, 1.82) is 0 Å². The third-order valence-corrected chi connectivity index (χ3v) is 5.21. The molecule has 1 fully saturated rings. The minimum Gasteiger partial charge on any atom is -0.339 e. The Bertz CT molecular complexity index is 690. The van der Waals surface area contributed by atoms with Crippen molar-refractivity contribution >= 4 is 29.3 Å². The smallest absolute Gasteiger partial charge is 0.233 e. The van der Waals surface area contributed by atoms with E-state index in [0.717, 1.165) is 25.1 Å². The summed E-state index contributed by atoms with van der Waals surface area (Å²) in [5.41, 5.74) is 0.892. The summed E-state index contributed by atoms with van der Waals surface area (Å²) < 4.78 is 1.85. The molecule has 0 N–H and O–H groups in total. The fraction of sp³-hybridized carbons (Fsp3) is 0.438. The number of benzene rings is 1. The van der Waals surface area contributed by atoms with Gasteiger partial charge in [-0.1, -0.05) is 29.4 Å². The molecule has 1 aromatic heterocycles. The van der Waals surface area contributed by atoms with Crippen LogP contribution in [-0.2, 0) is 4.79 Å². The minimum absolute atomic E-state index is 0.169. The van der Waals surface area contributed by atoms with Crippen LogP contribution in [0.1, 0.15) is 26.2 Å². The summed E-state index contributed by atoms with van der Waals surface area (Å²) in [4.78, 5) is 14.4. The second kappa shape index (κ2) is 7.36. The monoisotopic (exact) mass is 350 g/mol. The maximum absolute atomic E-state index is 12.4. The first kappa shape index (κ1) is 16.3. The molecular formula is C16H19ClN4OS. The summed E-state index contributed by atoms with van der Waals surface area (Å²) in [5.74, 6) is 0.548. The number of carbonyl (C=O) groups excluding carboxylic acids is 1. The lowest BCUT2D eigenvalue weighted by atomic mass is 10.0. The third kappa shape index (κ3) is 3.87. The first-order chi connectivity index (χ1) is 11.1. The van der Waals surface area contributed by atoms with Crippen molar-refractivity contribution in [2.45, 2.75) is 37.4 Å². The molecule has 23 heavy (non-hydrogen) atoms. The van der Waals surface area contributed by atoms with Gasteiger partial charge in [-0.05, 0) is 44.4 Å². The lowest BCUT2D eigenvalue weighted by molar-refractivity contribution is -0.131. The number of thioether (sulfide) groups is 1. The number of likely N-dealkylation sites (tertiary alicyclic amines) is 1. The molecule has 3 rings (SSSR count). The molecule has 2 heterocycles. The van der Waals surface area contributed by atoms with Crippen molar-refractivity contribution in [3.63, 3.8) is 0 Å². The van der Waals surface area contributed by atoms with E-state index in [1.165, 1.54) is 18.2 Å². The Morgan fingerprint density at radius 2 is 2.30 bits per heavy atom. The summed E-state index contributed by atoms with van der Waals surface area (Å²) in [7, 11) is 0. The molecule has 5 nitrogen and oxygen atoms in total. The van der Waals surface area contributed by atoms with E-state index in [0.29, 0.717) is 22.0 Å². The van der Waals surface area contributed by atoms with Gasteiger partial charge in [-0.25, -0.2) is 0 Å². The number of hydrogen-bond donors (Lipinski definition) is 0. The predicted molar refractivity (Wildman–Crippen MR) is 92.1 cm³/mol. The molecule has 0 spiro atoms. The summed E-state index contributed by atoms with van der Waals surface area (Å²) in [5, 5.41) is 9.44. The van der Waals surface area contributed by atoms with Crippen molar-refractivity contribution in [2.24, 2.45) is 0 Å². The van der Waals surface area contributed by atoms with Crippen molar-refractivity contribution in [1.82, 2.24) is 19.7 Å². The molecule has 0 bridgehead atoms. The number of halogens is 1. The highest BCUT2D eigenvalue weighted by molar-refractivity contribution is 7.99. The topological polar surface area (TPSA) is 51.0 Å². The average Bonchev–Trinajstić information content (AvgIpc) is 3.01. The van der Waals surface area contributed by atoms with Gasteiger partial charge < -0.3 is 4.90 Å². The van der Waals surface area contributed by atoms with Crippen LogP contribution in [0.4, 0.5) is 0 Å². The highest BCUT2D eigenvalue weighted by Crippen LogP contribution is 2.23. The van der Waals surface area contributed by atoms with Gasteiger partial charge in [0.2, 0.25) is 5.91 Å². The highest BCUT2D eigenvalue weighted by Gasteiger charge is 2.23. The molecule has 1 atom stereocenters. The van der Waals surface area contributed by atoms with Crippen LogP contribution in [-0.4, -0.2) is 43.9 Å². The maximum atomic E-state index is 12.4. The third-order valence-electron chi connectivity index (χ3n) is 4.05. The van der Waals surface area contributed by atoms with E-state index < -0.39 is 0 Å². The number of amides is 1. The summed E-state index contributed by atoms with van der Waals surface area (Å²) in [6, 6.07) is 7.83. The molecule has 1 aromatic carbocycles. The van der Waals surface area contributed by atoms with Gasteiger partial charge in [0.05, 0.1) is 11.4 Å². The fourth-order valence-corrected chi connectivity index (χ4v) is 3.80. The van der Waals surface area contributed by atoms with Gasteiger partial charge in [-0.2, -0.15) is 0 Å². The number of piperidine rings is 1. The van der Waals surface area contributed by atoms with Crippen LogP contribution < -0.4 is 0 Å². The van der Waals surface area contributed by atoms with Crippen LogP contribution >= 0.6 is 23.4 Å². The average molecular weight is 351 g/mol. The molecule has 1 aliphatic heterocycles. The Hall–Kier alpha value is -1.53. The van der Waals surface area contributed by atoms with Gasteiger partial charge in [0.1, 0.15) is 6.33 Å². The largest absolute Gasteiger partial charge is 0.339 e. The second-order valence-corrected chi connectivity index (χ2v) is 7.06. The maximum Gasteiger partial charge on any atom is 0.233 e. The van der Waals surface area contributed by atoms with E-state index in [1.54, 1.807) is 6.33 Å². The van der Waals surface area contributed by atoms with Gasteiger partial charge in [-0.15, -0.1) is 10.2 Å². The Morgan fingerprint density at radius 3 is 3.09 bits per heavy atom. The van der Waals surface area contributed by atoms with Gasteiger partial charge >= 0.3 is 0 Å². The molecule has 122 valence electrons. The summed E-state index contributed by atoms with van der Waals surface area (Å²) in [6.07, 6.45) is 5.04. The van der Waals surface area contributed by atoms with Crippen LogP contribution in [0.3, 0.4) is 0 Å². The number of nitrogens with zero attached hydrogens (tertiary/aromatic N) is 4. The lowest BCUT2D eigenvalue weighted by Crippen LogP contribution is -2.42. The van der Waals surface area contributed by atoms with Crippen LogP contribution in [0.15, 0.2) is 35.7 Å². The summed E-state index contributed by atoms with van der Waals surface area (Å²) >= 11 is 7.45. The van der Waals surface area contributed by atoms with Crippen molar-refractivity contribution in [2.75, 3.05) is 12.3 Å². The lowest BCUT2D eigenvalue weighted by Gasteiger charge is -2.33. The van der Waals surface area contributed by atoms with E-state index >= 15 is 0 Å². The molecule has 2 aromatic rings. The SMILES string of the molecule is CC1CCCCN1C(=O)CSc1nncn1-c1cccc(Cl)c1. The van der Waals surface area contributed by atoms with Crippen LogP contribution in [0.25, 0.3) is 5.69 Å². The molecule has 1 unspecified atom stereocenters.